The molecule has 1 atom stereocenters. The van der Waals surface area contributed by atoms with E-state index < -0.39 is 0 Å². The Morgan fingerprint density at radius 2 is 1.81 bits per heavy atom. The number of rotatable bonds is 4. The van der Waals surface area contributed by atoms with Crippen LogP contribution in [0.5, 0.6) is 0 Å². The van der Waals surface area contributed by atoms with Crippen molar-refractivity contribution in [2.75, 3.05) is 51.3 Å². The van der Waals surface area contributed by atoms with Crippen molar-refractivity contribution in [2.45, 2.75) is 18.9 Å². The number of imidazole rings is 1. The summed E-state index contributed by atoms with van der Waals surface area (Å²) in [4.78, 5) is 42.2. The van der Waals surface area contributed by atoms with Crippen molar-refractivity contribution in [1.82, 2.24) is 24.8 Å². The maximum atomic E-state index is 13.6. The largest absolute Gasteiger partial charge is 0.379 e. The van der Waals surface area contributed by atoms with Gasteiger partial charge in [0.05, 0.1) is 35.5 Å². The number of para-hydroxylation sites is 2. The number of aromatic amines is 2. The molecule has 1 amide bonds. The van der Waals surface area contributed by atoms with E-state index in [1.165, 1.54) is 0 Å². The van der Waals surface area contributed by atoms with Crippen molar-refractivity contribution >= 4 is 33.5 Å². The Labute approximate surface area is 213 Å². The first-order chi connectivity index (χ1) is 18.1. The SMILES string of the molecule is O=C(c1ccc2c(NC3CN4CCC3CC4)c(-c3nc4ccccc4[nH]3)c(=O)[nH]c2c1)N1CCOCC1. The number of aromatic nitrogens is 3. The summed E-state index contributed by atoms with van der Waals surface area (Å²) in [5.74, 6) is 1.07. The molecule has 0 saturated carbocycles. The van der Waals surface area contributed by atoms with Gasteiger partial charge in [-0.2, -0.15) is 0 Å². The van der Waals surface area contributed by atoms with Crippen molar-refractivity contribution in [3.63, 3.8) is 0 Å². The first-order valence-electron chi connectivity index (χ1n) is 13.1. The molecule has 3 N–H and O–H groups in total. The molecule has 2 aromatic heterocycles. The van der Waals surface area contributed by atoms with Crippen molar-refractivity contribution in [1.29, 1.82) is 0 Å². The Hall–Kier alpha value is -3.69. The van der Waals surface area contributed by atoms with Crippen LogP contribution in [-0.2, 0) is 4.74 Å². The summed E-state index contributed by atoms with van der Waals surface area (Å²) < 4.78 is 5.40. The minimum Gasteiger partial charge on any atom is -0.379 e. The van der Waals surface area contributed by atoms with Gasteiger partial charge in [-0.1, -0.05) is 12.1 Å². The maximum Gasteiger partial charge on any atom is 0.261 e. The minimum atomic E-state index is -0.230. The number of carbonyl (C=O) groups is 1. The summed E-state index contributed by atoms with van der Waals surface area (Å²) in [6, 6.07) is 13.7. The van der Waals surface area contributed by atoms with E-state index in [4.69, 9.17) is 9.72 Å². The van der Waals surface area contributed by atoms with Gasteiger partial charge in [-0.3, -0.25) is 9.59 Å². The first kappa shape index (κ1) is 22.5. The van der Waals surface area contributed by atoms with Gasteiger partial charge in [0, 0.05) is 36.6 Å². The van der Waals surface area contributed by atoms with Crippen LogP contribution < -0.4 is 10.9 Å². The second-order valence-corrected chi connectivity index (χ2v) is 10.4. The number of nitrogens with zero attached hydrogens (tertiary/aromatic N) is 3. The molecule has 2 aromatic carbocycles. The Morgan fingerprint density at radius 3 is 2.57 bits per heavy atom. The van der Waals surface area contributed by atoms with Gasteiger partial charge in [0.15, 0.2) is 0 Å². The fraction of sp³-hybridized carbons (Fsp3) is 0.393. The van der Waals surface area contributed by atoms with Crippen LogP contribution in [0.4, 0.5) is 5.69 Å². The average Bonchev–Trinajstić information content (AvgIpc) is 3.37. The third-order valence-corrected chi connectivity index (χ3v) is 8.17. The number of benzene rings is 2. The van der Waals surface area contributed by atoms with E-state index in [1.807, 2.05) is 36.4 Å². The quantitative estimate of drug-likeness (QED) is 0.399. The number of fused-ring (bicyclic) bond motifs is 5. The molecule has 9 heteroatoms. The zero-order chi connectivity index (χ0) is 24.9. The lowest BCUT2D eigenvalue weighted by atomic mass is 9.83. The number of morpholine rings is 1. The second kappa shape index (κ2) is 9.00. The fourth-order valence-corrected chi connectivity index (χ4v) is 6.14. The van der Waals surface area contributed by atoms with Gasteiger partial charge in [0.2, 0.25) is 0 Å². The van der Waals surface area contributed by atoms with E-state index in [2.05, 4.69) is 20.2 Å². The van der Waals surface area contributed by atoms with Crippen molar-refractivity contribution in [3.05, 3.63) is 58.4 Å². The molecule has 4 fully saturated rings. The van der Waals surface area contributed by atoms with Crippen LogP contribution in [0.2, 0.25) is 0 Å². The summed E-state index contributed by atoms with van der Waals surface area (Å²) in [6.07, 6.45) is 2.33. The fourth-order valence-electron chi connectivity index (χ4n) is 6.14. The van der Waals surface area contributed by atoms with Gasteiger partial charge in [0.1, 0.15) is 11.4 Å². The van der Waals surface area contributed by atoms with Gasteiger partial charge >= 0.3 is 0 Å². The zero-order valence-corrected chi connectivity index (χ0v) is 20.6. The molecule has 9 nitrogen and oxygen atoms in total. The molecule has 4 aromatic rings. The molecular weight excluding hydrogens is 468 g/mol. The molecule has 8 rings (SSSR count). The number of hydrogen-bond acceptors (Lipinski definition) is 6. The number of hydrogen-bond donors (Lipinski definition) is 3. The molecule has 2 bridgehead atoms. The highest BCUT2D eigenvalue weighted by Crippen LogP contribution is 2.36. The summed E-state index contributed by atoms with van der Waals surface area (Å²) >= 11 is 0. The maximum absolute atomic E-state index is 13.6. The highest BCUT2D eigenvalue weighted by Gasteiger charge is 2.35. The Balaban J connectivity index is 1.35. The summed E-state index contributed by atoms with van der Waals surface area (Å²) in [5, 5.41) is 4.67. The topological polar surface area (TPSA) is 106 Å². The molecule has 0 radical (unpaired) electrons. The molecule has 37 heavy (non-hydrogen) atoms. The van der Waals surface area contributed by atoms with Gasteiger partial charge in [-0.05, 0) is 62.2 Å². The molecule has 1 unspecified atom stereocenters. The molecule has 190 valence electrons. The Kier molecular flexibility index (Phi) is 5.48. The van der Waals surface area contributed by atoms with Crippen LogP contribution in [-0.4, -0.2) is 82.6 Å². The van der Waals surface area contributed by atoms with Crippen LogP contribution >= 0.6 is 0 Å². The van der Waals surface area contributed by atoms with E-state index in [9.17, 15) is 9.59 Å². The first-order valence-corrected chi connectivity index (χ1v) is 13.1. The van der Waals surface area contributed by atoms with Crippen molar-refractivity contribution in [2.24, 2.45) is 5.92 Å². The smallest absolute Gasteiger partial charge is 0.261 e. The molecular formula is C28H30N6O3. The third kappa shape index (κ3) is 3.98. The van der Waals surface area contributed by atoms with Gasteiger partial charge < -0.3 is 29.8 Å². The molecule has 0 spiro atoms. The molecule has 6 heterocycles. The molecule has 4 saturated heterocycles. The number of nitrogens with one attached hydrogen (secondary N) is 3. The number of H-pyrrole nitrogens is 2. The second-order valence-electron chi connectivity index (χ2n) is 10.4. The summed E-state index contributed by atoms with van der Waals surface area (Å²) in [6.45, 7) is 5.49. The number of ether oxygens (including phenoxy) is 1. The number of pyridine rings is 1. The van der Waals surface area contributed by atoms with Crippen LogP contribution in [0, 0.1) is 5.92 Å². The van der Waals surface area contributed by atoms with E-state index >= 15 is 0 Å². The summed E-state index contributed by atoms with van der Waals surface area (Å²) in [5.41, 5.74) is 3.97. The zero-order valence-electron chi connectivity index (χ0n) is 20.6. The lowest BCUT2D eigenvalue weighted by Gasteiger charge is -2.45. The Morgan fingerprint density at radius 1 is 1.00 bits per heavy atom. The van der Waals surface area contributed by atoms with Gasteiger partial charge in [-0.25, -0.2) is 4.98 Å². The van der Waals surface area contributed by atoms with Crippen LogP contribution in [0.1, 0.15) is 23.2 Å². The molecule has 0 aliphatic carbocycles. The number of anilines is 1. The van der Waals surface area contributed by atoms with Crippen LogP contribution in [0.15, 0.2) is 47.3 Å². The third-order valence-electron chi connectivity index (χ3n) is 8.17. The number of amides is 1. The monoisotopic (exact) mass is 498 g/mol. The van der Waals surface area contributed by atoms with E-state index in [-0.39, 0.29) is 17.5 Å². The number of carbonyl (C=O) groups excluding carboxylic acids is 1. The highest BCUT2D eigenvalue weighted by atomic mass is 16.5. The average molecular weight is 499 g/mol. The van der Waals surface area contributed by atoms with Gasteiger partial charge in [-0.15, -0.1) is 0 Å². The van der Waals surface area contributed by atoms with E-state index in [1.54, 1.807) is 11.0 Å². The van der Waals surface area contributed by atoms with Gasteiger partial charge in [0.25, 0.3) is 11.5 Å². The van der Waals surface area contributed by atoms with Crippen molar-refractivity contribution < 1.29 is 9.53 Å². The lowest BCUT2D eigenvalue weighted by Crippen LogP contribution is -2.53. The molecule has 4 aliphatic rings. The van der Waals surface area contributed by atoms with Crippen molar-refractivity contribution in [3.8, 4) is 11.4 Å². The molecule has 4 aliphatic heterocycles. The lowest BCUT2D eigenvalue weighted by molar-refractivity contribution is 0.0303. The standard InChI is InChI=1S/C28H30N6O3/c35-27-24(26-30-20-3-1-2-4-21(20)31-26)25(29-23-16-33-9-7-17(23)8-10-33)19-6-5-18(15-22(19)32-27)28(36)34-11-13-37-14-12-34/h1-6,15,17,23H,7-14,16H2,(H,30,31)(H2,29,32,35). The predicted molar refractivity (Wildman–Crippen MR) is 143 cm³/mol. The number of piperidine rings is 3. The summed E-state index contributed by atoms with van der Waals surface area (Å²) in [7, 11) is 0. The van der Waals surface area contributed by atoms with E-state index in [0.29, 0.717) is 54.7 Å². The minimum absolute atomic E-state index is 0.0423. The predicted octanol–water partition coefficient (Wildman–Crippen LogP) is 3.05. The van der Waals surface area contributed by atoms with Crippen LogP contribution in [0.25, 0.3) is 33.3 Å². The normalized spacial score (nSPS) is 23.6. The van der Waals surface area contributed by atoms with Crippen LogP contribution in [0.3, 0.4) is 0 Å². The van der Waals surface area contributed by atoms with E-state index in [0.717, 1.165) is 54.6 Å². The highest BCUT2D eigenvalue weighted by molar-refractivity contribution is 6.03. The Bertz CT molecular complexity index is 1510.